The number of rotatable bonds is 5. The van der Waals surface area contributed by atoms with Crippen molar-refractivity contribution in [1.82, 2.24) is 9.97 Å². The quantitative estimate of drug-likeness (QED) is 0.819. The van der Waals surface area contributed by atoms with Gasteiger partial charge in [-0.15, -0.1) is 5.11 Å². The summed E-state index contributed by atoms with van der Waals surface area (Å²) >= 11 is 5.84. The molecule has 2 aromatic rings. The Hall–Kier alpha value is -2.41. The molecule has 0 atom stereocenters. The highest BCUT2D eigenvalue weighted by molar-refractivity contribution is 6.30. The van der Waals surface area contributed by atoms with Crippen LogP contribution in [0.4, 0.5) is 29.0 Å². The monoisotopic (exact) mass is 319 g/mol. The molecule has 0 aliphatic heterocycles. The Balaban J connectivity index is 2.42. The number of benzene rings is 1. The molecule has 1 heterocycles. The van der Waals surface area contributed by atoms with Crippen LogP contribution in [0.1, 0.15) is 13.8 Å². The van der Waals surface area contributed by atoms with Crippen molar-refractivity contribution < 1.29 is 0 Å². The second kappa shape index (κ2) is 7.04. The van der Waals surface area contributed by atoms with E-state index in [0.29, 0.717) is 22.2 Å². The van der Waals surface area contributed by atoms with Crippen LogP contribution in [0.2, 0.25) is 5.02 Å². The van der Waals surface area contributed by atoms with Gasteiger partial charge >= 0.3 is 0 Å². The summed E-state index contributed by atoms with van der Waals surface area (Å²) in [7, 11) is 0. The van der Waals surface area contributed by atoms with E-state index in [4.69, 9.17) is 23.1 Å². The summed E-state index contributed by atoms with van der Waals surface area (Å²) in [5, 5.41) is 8.99. The molecule has 0 spiro atoms. The molecule has 1 aromatic heterocycles. The van der Waals surface area contributed by atoms with Crippen LogP contribution in [-0.4, -0.2) is 23.1 Å². The maximum atomic E-state index is 5.93. The first-order valence-electron chi connectivity index (χ1n) is 6.90. The summed E-state index contributed by atoms with van der Waals surface area (Å²) in [4.78, 5) is 10.2. The lowest BCUT2D eigenvalue weighted by molar-refractivity contribution is 0.843. The zero-order valence-corrected chi connectivity index (χ0v) is 13.2. The van der Waals surface area contributed by atoms with Crippen molar-refractivity contribution >= 4 is 40.6 Å². The topological polar surface area (TPSA) is 106 Å². The number of nitrogens with zero attached hydrogens (tertiary/aromatic N) is 5. The molecule has 0 amide bonds. The van der Waals surface area contributed by atoms with Gasteiger partial charge in [0, 0.05) is 18.1 Å². The van der Waals surface area contributed by atoms with E-state index in [2.05, 4.69) is 20.2 Å². The minimum atomic E-state index is 0.116. The second-order valence-electron chi connectivity index (χ2n) is 4.49. The van der Waals surface area contributed by atoms with Gasteiger partial charge in [0.15, 0.2) is 17.3 Å². The highest BCUT2D eigenvalue weighted by atomic mass is 35.5. The zero-order chi connectivity index (χ0) is 16.1. The van der Waals surface area contributed by atoms with Crippen molar-refractivity contribution in [2.45, 2.75) is 13.8 Å². The highest BCUT2D eigenvalue weighted by Gasteiger charge is 2.15. The zero-order valence-electron chi connectivity index (χ0n) is 12.5. The standard InChI is InChI=1S/C14H18ClN7/c1-3-22(4-2)13-11(12(16)18-14(17)19-13)21-20-10-7-5-9(15)6-8-10/h5-8H,3-4H2,1-2H3,(H4,16,17,18,19). The van der Waals surface area contributed by atoms with Crippen LogP contribution >= 0.6 is 11.6 Å². The van der Waals surface area contributed by atoms with Crippen molar-refractivity contribution in [3.8, 4) is 0 Å². The molecule has 8 heteroatoms. The molecule has 0 saturated heterocycles. The van der Waals surface area contributed by atoms with Gasteiger partial charge in [-0.3, -0.25) is 0 Å². The van der Waals surface area contributed by atoms with E-state index >= 15 is 0 Å². The Morgan fingerprint density at radius 1 is 1.05 bits per heavy atom. The van der Waals surface area contributed by atoms with Gasteiger partial charge in [-0.25, -0.2) is 0 Å². The average molecular weight is 320 g/mol. The van der Waals surface area contributed by atoms with Crippen LogP contribution in [0.5, 0.6) is 0 Å². The van der Waals surface area contributed by atoms with Crippen LogP contribution in [-0.2, 0) is 0 Å². The van der Waals surface area contributed by atoms with Gasteiger partial charge in [-0.1, -0.05) is 11.6 Å². The van der Waals surface area contributed by atoms with Crippen LogP contribution in [0.25, 0.3) is 0 Å². The smallest absolute Gasteiger partial charge is 0.224 e. The van der Waals surface area contributed by atoms with E-state index in [1.54, 1.807) is 24.3 Å². The number of nitrogen functional groups attached to an aromatic ring is 2. The minimum Gasteiger partial charge on any atom is -0.382 e. The number of azo groups is 1. The van der Waals surface area contributed by atoms with E-state index in [0.717, 1.165) is 13.1 Å². The third-order valence-electron chi connectivity index (χ3n) is 3.06. The Morgan fingerprint density at radius 3 is 2.27 bits per heavy atom. The summed E-state index contributed by atoms with van der Waals surface area (Å²) in [6, 6.07) is 7.00. The number of hydrogen-bond acceptors (Lipinski definition) is 7. The van der Waals surface area contributed by atoms with Crippen LogP contribution in [0.3, 0.4) is 0 Å². The number of nitrogens with two attached hydrogens (primary N) is 2. The van der Waals surface area contributed by atoms with Gasteiger partial charge in [0.25, 0.3) is 0 Å². The summed E-state index contributed by atoms with van der Waals surface area (Å²) in [6.45, 7) is 5.52. The van der Waals surface area contributed by atoms with E-state index in [9.17, 15) is 0 Å². The predicted octanol–water partition coefficient (Wildman–Crippen LogP) is 3.56. The molecule has 0 unspecified atom stereocenters. The average Bonchev–Trinajstić information content (AvgIpc) is 2.49. The van der Waals surface area contributed by atoms with Crippen molar-refractivity contribution in [2.75, 3.05) is 29.5 Å². The first-order chi connectivity index (χ1) is 10.5. The van der Waals surface area contributed by atoms with Crippen LogP contribution in [0, 0.1) is 0 Å². The third kappa shape index (κ3) is 3.62. The third-order valence-corrected chi connectivity index (χ3v) is 3.32. The lowest BCUT2D eigenvalue weighted by Gasteiger charge is -2.21. The predicted molar refractivity (Wildman–Crippen MR) is 90.0 cm³/mol. The Kier molecular flexibility index (Phi) is 5.11. The van der Waals surface area contributed by atoms with Crippen molar-refractivity contribution in [3.05, 3.63) is 29.3 Å². The second-order valence-corrected chi connectivity index (χ2v) is 4.92. The molecule has 22 heavy (non-hydrogen) atoms. The van der Waals surface area contributed by atoms with Crippen molar-refractivity contribution in [1.29, 1.82) is 0 Å². The first-order valence-corrected chi connectivity index (χ1v) is 7.28. The summed E-state index contributed by atoms with van der Waals surface area (Å²) in [5.41, 5.74) is 12.7. The molecule has 4 N–H and O–H groups in total. The van der Waals surface area contributed by atoms with E-state index in [-0.39, 0.29) is 11.8 Å². The summed E-state index contributed by atoms with van der Waals surface area (Å²) in [6.07, 6.45) is 0. The molecule has 1 aromatic carbocycles. The molecule has 0 radical (unpaired) electrons. The van der Waals surface area contributed by atoms with E-state index < -0.39 is 0 Å². The molecule has 2 rings (SSSR count). The van der Waals surface area contributed by atoms with Gasteiger partial charge in [-0.2, -0.15) is 15.1 Å². The van der Waals surface area contributed by atoms with Crippen molar-refractivity contribution in [2.24, 2.45) is 10.2 Å². The maximum Gasteiger partial charge on any atom is 0.224 e. The molecule has 0 aliphatic rings. The summed E-state index contributed by atoms with van der Waals surface area (Å²) < 4.78 is 0. The minimum absolute atomic E-state index is 0.116. The normalized spacial score (nSPS) is 11.0. The Morgan fingerprint density at radius 2 is 1.68 bits per heavy atom. The number of halogens is 1. The fraction of sp³-hybridized carbons (Fsp3) is 0.286. The Labute approximate surface area is 134 Å². The number of aromatic nitrogens is 2. The Bertz CT molecular complexity index is 666. The fourth-order valence-electron chi connectivity index (χ4n) is 1.93. The number of anilines is 3. The molecular formula is C14H18ClN7. The largest absolute Gasteiger partial charge is 0.382 e. The SMILES string of the molecule is CCN(CC)c1nc(N)nc(N)c1N=Nc1ccc(Cl)cc1. The molecule has 0 bridgehead atoms. The number of hydrogen-bond donors (Lipinski definition) is 2. The lowest BCUT2D eigenvalue weighted by Crippen LogP contribution is -2.24. The lowest BCUT2D eigenvalue weighted by atomic mass is 10.3. The molecule has 116 valence electrons. The summed E-state index contributed by atoms with van der Waals surface area (Å²) in [5.74, 6) is 0.893. The molecule has 0 fully saturated rings. The van der Waals surface area contributed by atoms with Gasteiger partial charge in [0.2, 0.25) is 5.95 Å². The fourth-order valence-corrected chi connectivity index (χ4v) is 2.06. The van der Waals surface area contributed by atoms with Gasteiger partial charge in [-0.05, 0) is 38.1 Å². The molecule has 0 saturated carbocycles. The van der Waals surface area contributed by atoms with E-state index in [1.807, 2.05) is 18.7 Å². The van der Waals surface area contributed by atoms with Crippen molar-refractivity contribution in [3.63, 3.8) is 0 Å². The molecular weight excluding hydrogens is 302 g/mol. The molecule has 0 aliphatic carbocycles. The van der Waals surface area contributed by atoms with Crippen LogP contribution < -0.4 is 16.4 Å². The molecule has 7 nitrogen and oxygen atoms in total. The highest BCUT2D eigenvalue weighted by Crippen LogP contribution is 2.33. The van der Waals surface area contributed by atoms with E-state index in [1.165, 1.54) is 0 Å². The van der Waals surface area contributed by atoms with Crippen LogP contribution in [0.15, 0.2) is 34.5 Å². The first kappa shape index (κ1) is 16.0. The van der Waals surface area contributed by atoms with Gasteiger partial charge in [0.1, 0.15) is 0 Å². The van der Waals surface area contributed by atoms with Gasteiger partial charge in [0.05, 0.1) is 5.69 Å². The van der Waals surface area contributed by atoms with Gasteiger partial charge < -0.3 is 16.4 Å². The maximum absolute atomic E-state index is 5.93.